The van der Waals surface area contributed by atoms with E-state index in [9.17, 15) is 4.39 Å². The Kier molecular flexibility index (Phi) is 3.44. The summed E-state index contributed by atoms with van der Waals surface area (Å²) in [6.45, 7) is 2.52. The quantitative estimate of drug-likeness (QED) is 0.796. The van der Waals surface area contributed by atoms with E-state index in [1.807, 2.05) is 37.3 Å². The molecule has 0 aliphatic heterocycles. The maximum absolute atomic E-state index is 13.2. The van der Waals surface area contributed by atoms with E-state index >= 15 is 0 Å². The maximum Gasteiger partial charge on any atom is 0.123 e. The Morgan fingerprint density at radius 1 is 1.14 bits per heavy atom. The van der Waals surface area contributed by atoms with Gasteiger partial charge in [-0.25, -0.2) is 4.39 Å². The normalized spacial score (nSPS) is 10.8. The molecule has 21 heavy (non-hydrogen) atoms. The lowest BCUT2D eigenvalue weighted by molar-refractivity contribution is 0.619. The minimum absolute atomic E-state index is 0.244. The van der Waals surface area contributed by atoms with Gasteiger partial charge in [0.2, 0.25) is 0 Å². The third kappa shape index (κ3) is 2.79. The SMILES string of the molecule is Cc1ccccc1-c1nn(Cc2cccc(F)c2)cc1N. The van der Waals surface area contributed by atoms with Gasteiger partial charge in [-0.05, 0) is 30.2 Å². The zero-order valence-corrected chi connectivity index (χ0v) is 11.8. The second-order valence-electron chi connectivity index (χ2n) is 5.08. The zero-order valence-electron chi connectivity index (χ0n) is 11.8. The molecule has 0 bridgehead atoms. The number of halogens is 1. The van der Waals surface area contributed by atoms with E-state index < -0.39 is 0 Å². The van der Waals surface area contributed by atoms with E-state index in [2.05, 4.69) is 5.10 Å². The number of nitrogen functional groups attached to an aromatic ring is 1. The fourth-order valence-corrected chi connectivity index (χ4v) is 2.39. The number of hydrogen-bond acceptors (Lipinski definition) is 2. The highest BCUT2D eigenvalue weighted by atomic mass is 19.1. The third-order valence-electron chi connectivity index (χ3n) is 3.42. The number of nitrogens with two attached hydrogens (primary N) is 1. The van der Waals surface area contributed by atoms with Gasteiger partial charge >= 0.3 is 0 Å². The molecule has 4 heteroatoms. The van der Waals surface area contributed by atoms with Crippen LogP contribution in [0.3, 0.4) is 0 Å². The highest BCUT2D eigenvalue weighted by molar-refractivity contribution is 5.74. The molecule has 2 aromatic carbocycles. The summed E-state index contributed by atoms with van der Waals surface area (Å²) in [4.78, 5) is 0. The molecule has 0 aliphatic carbocycles. The maximum atomic E-state index is 13.2. The first-order valence-electron chi connectivity index (χ1n) is 6.77. The van der Waals surface area contributed by atoms with Gasteiger partial charge in [0.15, 0.2) is 0 Å². The van der Waals surface area contributed by atoms with Crippen molar-refractivity contribution >= 4 is 5.69 Å². The Bertz CT molecular complexity index is 777. The lowest BCUT2D eigenvalue weighted by atomic mass is 10.1. The van der Waals surface area contributed by atoms with E-state index in [0.29, 0.717) is 12.2 Å². The molecule has 0 aliphatic rings. The van der Waals surface area contributed by atoms with Crippen molar-refractivity contribution in [2.45, 2.75) is 13.5 Å². The molecule has 2 N–H and O–H groups in total. The van der Waals surface area contributed by atoms with Crippen LogP contribution in [0.25, 0.3) is 11.3 Å². The first kappa shape index (κ1) is 13.4. The number of nitrogens with zero attached hydrogens (tertiary/aromatic N) is 2. The molecular formula is C17H16FN3. The summed E-state index contributed by atoms with van der Waals surface area (Å²) in [5.41, 5.74) is 10.5. The molecule has 1 aromatic heterocycles. The van der Waals surface area contributed by atoms with Crippen LogP contribution in [-0.4, -0.2) is 9.78 Å². The molecular weight excluding hydrogens is 265 g/mol. The van der Waals surface area contributed by atoms with Crippen molar-refractivity contribution in [3.63, 3.8) is 0 Å². The van der Waals surface area contributed by atoms with Gasteiger partial charge in [-0.2, -0.15) is 5.10 Å². The van der Waals surface area contributed by atoms with Crippen LogP contribution >= 0.6 is 0 Å². The highest BCUT2D eigenvalue weighted by Gasteiger charge is 2.10. The first-order chi connectivity index (χ1) is 10.1. The number of aromatic nitrogens is 2. The van der Waals surface area contributed by atoms with Crippen LogP contribution in [0.1, 0.15) is 11.1 Å². The molecule has 3 aromatic rings. The summed E-state index contributed by atoms with van der Waals surface area (Å²) in [6, 6.07) is 14.5. The van der Waals surface area contributed by atoms with E-state index in [1.165, 1.54) is 12.1 Å². The molecule has 1 heterocycles. The fourth-order valence-electron chi connectivity index (χ4n) is 2.39. The zero-order chi connectivity index (χ0) is 14.8. The summed E-state index contributed by atoms with van der Waals surface area (Å²) in [6.07, 6.45) is 1.78. The summed E-state index contributed by atoms with van der Waals surface area (Å²) in [5, 5.41) is 4.54. The lowest BCUT2D eigenvalue weighted by Gasteiger charge is -2.03. The highest BCUT2D eigenvalue weighted by Crippen LogP contribution is 2.27. The topological polar surface area (TPSA) is 43.8 Å². The standard InChI is InChI=1S/C17H16FN3/c1-12-5-2-3-8-15(12)17-16(19)11-21(20-17)10-13-6-4-7-14(18)9-13/h2-9,11H,10,19H2,1H3. The van der Waals surface area contributed by atoms with Crippen molar-refractivity contribution in [1.82, 2.24) is 9.78 Å². The number of hydrogen-bond donors (Lipinski definition) is 1. The second-order valence-corrected chi connectivity index (χ2v) is 5.08. The molecule has 0 saturated carbocycles. The molecule has 106 valence electrons. The predicted octanol–water partition coefficient (Wildman–Crippen LogP) is 3.63. The van der Waals surface area contributed by atoms with Crippen molar-refractivity contribution in [3.8, 4) is 11.3 Å². The van der Waals surface area contributed by atoms with E-state index in [0.717, 1.165) is 22.4 Å². The van der Waals surface area contributed by atoms with Crippen molar-refractivity contribution in [2.75, 3.05) is 5.73 Å². The minimum atomic E-state index is -0.244. The monoisotopic (exact) mass is 281 g/mol. The summed E-state index contributed by atoms with van der Waals surface area (Å²) in [5.74, 6) is -0.244. The first-order valence-corrected chi connectivity index (χ1v) is 6.77. The Hall–Kier alpha value is -2.62. The average molecular weight is 281 g/mol. The van der Waals surface area contributed by atoms with Gasteiger partial charge in [0.05, 0.1) is 12.2 Å². The van der Waals surface area contributed by atoms with Crippen LogP contribution < -0.4 is 5.73 Å². The Morgan fingerprint density at radius 2 is 1.95 bits per heavy atom. The molecule has 0 saturated heterocycles. The molecule has 0 atom stereocenters. The fraction of sp³-hybridized carbons (Fsp3) is 0.118. The number of aryl methyl sites for hydroxylation is 1. The molecule has 0 spiro atoms. The van der Waals surface area contributed by atoms with Gasteiger partial charge in [-0.1, -0.05) is 36.4 Å². The van der Waals surface area contributed by atoms with Crippen LogP contribution in [0.4, 0.5) is 10.1 Å². The van der Waals surface area contributed by atoms with Gasteiger partial charge < -0.3 is 5.73 Å². The van der Waals surface area contributed by atoms with Crippen LogP contribution in [0, 0.1) is 12.7 Å². The van der Waals surface area contributed by atoms with Gasteiger partial charge in [-0.3, -0.25) is 4.68 Å². The predicted molar refractivity (Wildman–Crippen MR) is 82.3 cm³/mol. The van der Waals surface area contributed by atoms with Crippen LogP contribution in [0.2, 0.25) is 0 Å². The largest absolute Gasteiger partial charge is 0.396 e. The molecule has 3 rings (SSSR count). The summed E-state index contributed by atoms with van der Waals surface area (Å²) < 4.78 is 15.0. The van der Waals surface area contributed by atoms with E-state index in [4.69, 9.17) is 5.73 Å². The van der Waals surface area contributed by atoms with Crippen molar-refractivity contribution in [2.24, 2.45) is 0 Å². The van der Waals surface area contributed by atoms with Gasteiger partial charge in [0, 0.05) is 11.8 Å². The van der Waals surface area contributed by atoms with E-state index in [-0.39, 0.29) is 5.82 Å². The number of rotatable bonds is 3. The Balaban J connectivity index is 1.93. The average Bonchev–Trinajstić information content (AvgIpc) is 2.80. The Labute approximate surface area is 122 Å². The van der Waals surface area contributed by atoms with Crippen molar-refractivity contribution in [1.29, 1.82) is 0 Å². The summed E-state index contributed by atoms with van der Waals surface area (Å²) in [7, 11) is 0. The molecule has 0 unspecified atom stereocenters. The van der Waals surface area contributed by atoms with Crippen molar-refractivity contribution in [3.05, 3.63) is 71.7 Å². The smallest absolute Gasteiger partial charge is 0.123 e. The second kappa shape index (κ2) is 5.40. The Morgan fingerprint density at radius 3 is 2.71 bits per heavy atom. The molecule has 0 amide bonds. The molecule has 0 fully saturated rings. The van der Waals surface area contributed by atoms with Crippen LogP contribution in [0.5, 0.6) is 0 Å². The lowest BCUT2D eigenvalue weighted by Crippen LogP contribution is -2.00. The number of anilines is 1. The van der Waals surface area contributed by atoms with Crippen molar-refractivity contribution < 1.29 is 4.39 Å². The van der Waals surface area contributed by atoms with Crippen LogP contribution in [-0.2, 0) is 6.54 Å². The minimum Gasteiger partial charge on any atom is -0.396 e. The molecule has 3 nitrogen and oxygen atoms in total. The summed E-state index contributed by atoms with van der Waals surface area (Å²) >= 11 is 0. The number of benzene rings is 2. The van der Waals surface area contributed by atoms with Gasteiger partial charge in [0.25, 0.3) is 0 Å². The third-order valence-corrected chi connectivity index (χ3v) is 3.42. The van der Waals surface area contributed by atoms with Crippen LogP contribution in [0.15, 0.2) is 54.7 Å². The van der Waals surface area contributed by atoms with Gasteiger partial charge in [-0.15, -0.1) is 0 Å². The van der Waals surface area contributed by atoms with Gasteiger partial charge in [0.1, 0.15) is 11.5 Å². The molecule has 0 radical (unpaired) electrons. The van der Waals surface area contributed by atoms with E-state index in [1.54, 1.807) is 16.9 Å².